The second kappa shape index (κ2) is 4.26. The van der Waals surface area contributed by atoms with Crippen molar-refractivity contribution < 1.29 is 9.05 Å². The Hall–Kier alpha value is 0.0199. The molecular formula is C10H20B2FO. The maximum absolute atomic E-state index is 12.5. The van der Waals surface area contributed by atoms with Crippen molar-refractivity contribution in [2.45, 2.75) is 64.4 Å². The van der Waals surface area contributed by atoms with Gasteiger partial charge < -0.3 is 9.05 Å². The van der Waals surface area contributed by atoms with Crippen molar-refractivity contribution in [1.29, 1.82) is 0 Å². The highest BCUT2D eigenvalue weighted by Crippen LogP contribution is 2.35. The summed E-state index contributed by atoms with van der Waals surface area (Å²) in [5.74, 6) is 0. The molecule has 0 N–H and O–H groups in total. The van der Waals surface area contributed by atoms with Crippen molar-refractivity contribution in [3.63, 3.8) is 0 Å². The topological polar surface area (TPSA) is 9.23 Å². The van der Waals surface area contributed by atoms with Crippen LogP contribution in [0.2, 0.25) is 5.31 Å². The molecule has 0 atom stereocenters. The third-order valence-corrected chi connectivity index (χ3v) is 1.68. The Morgan fingerprint density at radius 3 is 1.86 bits per heavy atom. The minimum absolute atomic E-state index is 0.310. The number of rotatable bonds is 5. The summed E-state index contributed by atoms with van der Waals surface area (Å²) in [4.78, 5) is 0. The van der Waals surface area contributed by atoms with Gasteiger partial charge in [-0.25, -0.2) is 0 Å². The van der Waals surface area contributed by atoms with Gasteiger partial charge in [0.2, 0.25) is 0 Å². The van der Waals surface area contributed by atoms with Crippen molar-refractivity contribution >= 4 is 15.4 Å². The van der Waals surface area contributed by atoms with E-state index in [0.717, 1.165) is 0 Å². The quantitative estimate of drug-likeness (QED) is 0.615. The zero-order valence-corrected chi connectivity index (χ0v) is 10.1. The molecule has 0 saturated carbocycles. The molecule has 0 bridgehead atoms. The summed E-state index contributed by atoms with van der Waals surface area (Å²) in [5.41, 5.74) is -1.28. The lowest BCUT2D eigenvalue weighted by atomic mass is 9.66. The molecule has 0 aliphatic carbocycles. The number of halogens is 1. The Morgan fingerprint density at radius 1 is 1.14 bits per heavy atom. The van der Waals surface area contributed by atoms with E-state index in [-0.39, 0.29) is 5.31 Å². The van der Waals surface area contributed by atoms with Crippen molar-refractivity contribution in [3.05, 3.63) is 0 Å². The minimum Gasteiger partial charge on any atom is -0.375 e. The van der Waals surface area contributed by atoms with Crippen LogP contribution in [-0.2, 0) is 4.74 Å². The van der Waals surface area contributed by atoms with Crippen molar-refractivity contribution in [2.24, 2.45) is 0 Å². The Bertz CT molecular complexity index is 185. The van der Waals surface area contributed by atoms with Crippen molar-refractivity contribution in [2.75, 3.05) is 0 Å². The summed E-state index contributed by atoms with van der Waals surface area (Å²) in [7, 11) is 6.47. The third-order valence-electron chi connectivity index (χ3n) is 1.68. The maximum atomic E-state index is 12.5. The lowest BCUT2D eigenvalue weighted by molar-refractivity contribution is -0.0913. The van der Waals surface area contributed by atoms with E-state index >= 15 is 0 Å². The van der Waals surface area contributed by atoms with Gasteiger partial charge in [-0.15, -0.1) is 0 Å². The molecule has 0 rings (SSSR count). The summed E-state index contributed by atoms with van der Waals surface area (Å²) in [6.45, 7) is 11.1. The van der Waals surface area contributed by atoms with E-state index in [1.807, 2.05) is 27.7 Å². The first kappa shape index (κ1) is 14.0. The van der Waals surface area contributed by atoms with Gasteiger partial charge in [-0.2, -0.15) is 0 Å². The Kier molecular flexibility index (Phi) is 4.26. The molecule has 1 nitrogen and oxygen atoms in total. The van der Waals surface area contributed by atoms with Crippen LogP contribution in [0.25, 0.3) is 0 Å². The lowest BCUT2D eigenvalue weighted by Gasteiger charge is -2.38. The minimum atomic E-state index is -0.852. The van der Waals surface area contributed by atoms with Crippen LogP contribution in [0.1, 0.15) is 48.0 Å². The lowest BCUT2D eigenvalue weighted by Crippen LogP contribution is -2.41. The Balaban J connectivity index is 4.35. The van der Waals surface area contributed by atoms with Gasteiger partial charge in [0.05, 0.1) is 18.9 Å². The standard InChI is InChI=1S/C10H20B2FO/c1-8(2,11)7-9(3,4)14-10(5,6)12-13/h7H2,1-6H3. The SMILES string of the molecule is [B]C(C)(C)CC(C)(C)OC(C)(C)[B]F. The normalized spacial score (nSPS) is 14.2. The third kappa shape index (κ3) is 6.47. The van der Waals surface area contributed by atoms with Crippen LogP contribution in [0.3, 0.4) is 0 Å². The zero-order chi connectivity index (χ0) is 11.6. The Morgan fingerprint density at radius 2 is 1.57 bits per heavy atom. The second-order valence-corrected chi connectivity index (χ2v) is 5.74. The van der Waals surface area contributed by atoms with E-state index in [2.05, 4.69) is 0 Å². The second-order valence-electron chi connectivity index (χ2n) is 5.74. The summed E-state index contributed by atoms with van der Waals surface area (Å²) in [5, 5.41) is -0.310. The van der Waals surface area contributed by atoms with Crippen LogP contribution in [0.5, 0.6) is 0 Å². The molecule has 0 aliphatic rings. The zero-order valence-electron chi connectivity index (χ0n) is 10.1. The van der Waals surface area contributed by atoms with Gasteiger partial charge in [0.25, 0.3) is 0 Å². The average molecular weight is 197 g/mol. The maximum Gasteiger partial charge on any atom is 0.389 e. The number of hydrogen-bond donors (Lipinski definition) is 0. The first-order chi connectivity index (χ1) is 5.97. The highest BCUT2D eigenvalue weighted by atomic mass is 19.1. The van der Waals surface area contributed by atoms with E-state index in [4.69, 9.17) is 12.6 Å². The number of ether oxygens (including phenoxy) is 1. The molecule has 0 spiro atoms. The van der Waals surface area contributed by atoms with Crippen LogP contribution in [0.15, 0.2) is 0 Å². The molecular weight excluding hydrogens is 177 g/mol. The van der Waals surface area contributed by atoms with Crippen molar-refractivity contribution in [1.82, 2.24) is 0 Å². The average Bonchev–Trinajstić information content (AvgIpc) is 1.78. The molecule has 0 amide bonds. The van der Waals surface area contributed by atoms with E-state index in [1.165, 1.54) is 0 Å². The Labute approximate surface area is 89.5 Å². The van der Waals surface area contributed by atoms with Gasteiger partial charge in [-0.1, -0.05) is 19.2 Å². The molecule has 0 aromatic carbocycles. The highest BCUT2D eigenvalue weighted by molar-refractivity contribution is 6.30. The molecule has 3 radical (unpaired) electrons. The predicted octanol–water partition coefficient (Wildman–Crippen LogP) is 2.86. The van der Waals surface area contributed by atoms with E-state index < -0.39 is 11.1 Å². The first-order valence-corrected chi connectivity index (χ1v) is 4.91. The monoisotopic (exact) mass is 197 g/mol. The molecule has 0 heterocycles. The van der Waals surface area contributed by atoms with Crippen LogP contribution in [-0.4, -0.2) is 26.5 Å². The van der Waals surface area contributed by atoms with Crippen LogP contribution >= 0.6 is 0 Å². The van der Waals surface area contributed by atoms with Gasteiger partial charge in [0.1, 0.15) is 0 Å². The molecule has 0 fully saturated rings. The summed E-state index contributed by atoms with van der Waals surface area (Å²) in [6.07, 6.45) is 0.678. The fourth-order valence-corrected chi connectivity index (χ4v) is 1.87. The van der Waals surface area contributed by atoms with Gasteiger partial charge in [-0.3, -0.25) is 0 Å². The summed E-state index contributed by atoms with van der Waals surface area (Å²) in [6, 6.07) is 0. The molecule has 0 aromatic heterocycles. The highest BCUT2D eigenvalue weighted by Gasteiger charge is 2.33. The predicted molar refractivity (Wildman–Crippen MR) is 60.5 cm³/mol. The molecule has 79 valence electrons. The molecule has 0 unspecified atom stereocenters. The van der Waals surface area contributed by atoms with Gasteiger partial charge in [0.15, 0.2) is 0 Å². The molecule has 0 saturated heterocycles. The fourth-order valence-electron chi connectivity index (χ4n) is 1.87. The molecule has 0 aliphatic heterocycles. The largest absolute Gasteiger partial charge is 0.389 e. The fraction of sp³-hybridized carbons (Fsp3) is 1.00. The van der Waals surface area contributed by atoms with Gasteiger partial charge >= 0.3 is 7.56 Å². The van der Waals surface area contributed by atoms with Crippen molar-refractivity contribution in [3.8, 4) is 0 Å². The summed E-state index contributed by atoms with van der Waals surface area (Å²) >= 11 is 0. The van der Waals surface area contributed by atoms with Crippen LogP contribution in [0.4, 0.5) is 4.32 Å². The summed E-state index contributed by atoms with van der Waals surface area (Å²) < 4.78 is 18.1. The smallest absolute Gasteiger partial charge is 0.375 e. The number of hydrogen-bond acceptors (Lipinski definition) is 1. The van der Waals surface area contributed by atoms with Gasteiger partial charge in [0, 0.05) is 0 Å². The first-order valence-electron chi connectivity index (χ1n) is 4.91. The van der Waals surface area contributed by atoms with Crippen LogP contribution < -0.4 is 0 Å². The van der Waals surface area contributed by atoms with Gasteiger partial charge in [-0.05, 0) is 34.1 Å². The molecule has 0 aromatic rings. The van der Waals surface area contributed by atoms with Crippen LogP contribution in [0, 0.1) is 0 Å². The molecule has 4 heteroatoms. The van der Waals surface area contributed by atoms with E-state index in [0.29, 0.717) is 14.0 Å². The van der Waals surface area contributed by atoms with E-state index in [9.17, 15) is 4.32 Å². The molecule has 14 heavy (non-hydrogen) atoms. The van der Waals surface area contributed by atoms with E-state index in [1.54, 1.807) is 13.8 Å².